The highest BCUT2D eigenvalue weighted by Gasteiger charge is 2.65. The molecule has 3 aliphatic rings. The van der Waals surface area contributed by atoms with Gasteiger partial charge in [0.05, 0.1) is 12.2 Å². The molecule has 312 valence electrons. The van der Waals surface area contributed by atoms with Gasteiger partial charge in [-0.2, -0.15) is 0 Å². The van der Waals surface area contributed by atoms with Crippen molar-refractivity contribution in [3.63, 3.8) is 0 Å². The Kier molecular flexibility index (Phi) is 21.8. The highest BCUT2D eigenvalue weighted by molar-refractivity contribution is 5.76. The van der Waals surface area contributed by atoms with Crippen LogP contribution in [0.2, 0.25) is 0 Å². The smallest absolute Gasteiger partial charge is 0.222 e. The Balaban J connectivity index is 1.85. The molecule has 0 saturated heterocycles. The van der Waals surface area contributed by atoms with Crippen molar-refractivity contribution in [2.75, 3.05) is 59.2 Å². The molecule has 3 saturated carbocycles. The first kappa shape index (κ1) is 46.6. The van der Waals surface area contributed by atoms with E-state index in [-0.39, 0.29) is 23.0 Å². The SMILES string of the molecule is CCCCCCN(CCCCCC)C(=O)CCC(C)C1CC[C@H]2C3[C@H](OCCCN)CC(CCOCCCN)[C@](C)(CC)[C@H]3C[C@H](OCCCN)[C@]12C. The molecule has 3 fully saturated rings. The third kappa shape index (κ3) is 12.6. The van der Waals surface area contributed by atoms with E-state index in [0.717, 1.165) is 104 Å². The lowest BCUT2D eigenvalue weighted by Gasteiger charge is -2.63. The summed E-state index contributed by atoms with van der Waals surface area (Å²) in [6.07, 6.45) is 21.3. The minimum absolute atomic E-state index is 0.0422. The van der Waals surface area contributed by atoms with E-state index in [0.29, 0.717) is 67.5 Å². The molecule has 3 rings (SSSR count). The number of nitrogens with two attached hydrogens (primary N) is 3. The third-order valence-corrected chi connectivity index (χ3v) is 14.8. The van der Waals surface area contributed by atoms with E-state index in [1.807, 2.05) is 0 Å². The van der Waals surface area contributed by atoms with Crippen LogP contribution >= 0.6 is 0 Å². The van der Waals surface area contributed by atoms with Gasteiger partial charge >= 0.3 is 0 Å². The summed E-state index contributed by atoms with van der Waals surface area (Å²) in [7, 11) is 0. The maximum absolute atomic E-state index is 13.9. The van der Waals surface area contributed by atoms with Gasteiger partial charge in [-0.25, -0.2) is 0 Å². The van der Waals surface area contributed by atoms with Gasteiger partial charge in [-0.1, -0.05) is 86.5 Å². The van der Waals surface area contributed by atoms with Crippen molar-refractivity contribution in [2.24, 2.45) is 63.5 Å². The summed E-state index contributed by atoms with van der Waals surface area (Å²) in [6.45, 7) is 21.4. The summed E-state index contributed by atoms with van der Waals surface area (Å²) in [5.74, 6) is 3.48. The van der Waals surface area contributed by atoms with Crippen LogP contribution in [0.25, 0.3) is 0 Å². The molecular formula is C45H88N4O4. The van der Waals surface area contributed by atoms with Gasteiger partial charge in [0.15, 0.2) is 0 Å². The van der Waals surface area contributed by atoms with Crippen molar-refractivity contribution >= 4 is 5.91 Å². The third-order valence-electron chi connectivity index (χ3n) is 14.8. The van der Waals surface area contributed by atoms with E-state index >= 15 is 0 Å². The zero-order valence-electron chi connectivity index (χ0n) is 35.7. The average molecular weight is 749 g/mol. The average Bonchev–Trinajstić information content (AvgIpc) is 3.52. The lowest BCUT2D eigenvalue weighted by atomic mass is 9.44. The van der Waals surface area contributed by atoms with Crippen LogP contribution in [0, 0.1) is 46.3 Å². The van der Waals surface area contributed by atoms with Crippen LogP contribution < -0.4 is 17.2 Å². The quantitative estimate of drug-likeness (QED) is 0.0654. The highest BCUT2D eigenvalue weighted by atomic mass is 16.5. The number of fused-ring (bicyclic) bond motifs is 3. The number of carbonyl (C=O) groups is 1. The van der Waals surface area contributed by atoms with Gasteiger partial charge in [0.25, 0.3) is 0 Å². The second-order valence-corrected chi connectivity index (χ2v) is 18.0. The van der Waals surface area contributed by atoms with Crippen LogP contribution in [0.15, 0.2) is 0 Å². The van der Waals surface area contributed by atoms with Gasteiger partial charge in [0, 0.05) is 51.4 Å². The van der Waals surface area contributed by atoms with Crippen LogP contribution in [0.1, 0.15) is 164 Å². The number of hydrogen-bond donors (Lipinski definition) is 3. The Labute approximate surface area is 327 Å². The predicted molar refractivity (Wildman–Crippen MR) is 222 cm³/mol. The molecule has 8 nitrogen and oxygen atoms in total. The van der Waals surface area contributed by atoms with Crippen LogP contribution in [-0.2, 0) is 19.0 Å². The molecule has 6 N–H and O–H groups in total. The van der Waals surface area contributed by atoms with E-state index in [9.17, 15) is 4.79 Å². The van der Waals surface area contributed by atoms with Crippen LogP contribution in [0.5, 0.6) is 0 Å². The lowest BCUT2D eigenvalue weighted by Crippen LogP contribution is -2.62. The van der Waals surface area contributed by atoms with Crippen molar-refractivity contribution in [3.8, 4) is 0 Å². The summed E-state index contributed by atoms with van der Waals surface area (Å²) in [5.41, 5.74) is 18.0. The molecule has 0 aliphatic heterocycles. The predicted octanol–water partition coefficient (Wildman–Crippen LogP) is 8.72. The molecule has 0 aromatic carbocycles. The molecule has 0 radical (unpaired) electrons. The van der Waals surface area contributed by atoms with Crippen LogP contribution in [0.4, 0.5) is 0 Å². The van der Waals surface area contributed by atoms with Crippen LogP contribution in [-0.4, -0.2) is 82.2 Å². The fraction of sp³-hybridized carbons (Fsp3) is 0.978. The van der Waals surface area contributed by atoms with E-state index in [1.165, 1.54) is 51.4 Å². The maximum atomic E-state index is 13.9. The van der Waals surface area contributed by atoms with Gasteiger partial charge < -0.3 is 36.3 Å². The van der Waals surface area contributed by atoms with Crippen molar-refractivity contribution in [1.82, 2.24) is 4.90 Å². The summed E-state index contributed by atoms with van der Waals surface area (Å²) < 4.78 is 20.1. The summed E-state index contributed by atoms with van der Waals surface area (Å²) in [5, 5.41) is 0. The zero-order valence-corrected chi connectivity index (χ0v) is 35.7. The first-order valence-corrected chi connectivity index (χ1v) is 22.9. The van der Waals surface area contributed by atoms with Crippen molar-refractivity contribution in [2.45, 2.75) is 176 Å². The fourth-order valence-corrected chi connectivity index (χ4v) is 11.5. The van der Waals surface area contributed by atoms with E-state index < -0.39 is 0 Å². The largest absolute Gasteiger partial charge is 0.381 e. The van der Waals surface area contributed by atoms with Gasteiger partial charge in [0.2, 0.25) is 5.91 Å². The standard InChI is InChI=1S/C45H88N4O4/c1-7-10-12-14-27-49(28-15-13-11-8-2)42(50)22-19-35(4)37-20-21-38-43-39(34-41(45(37,38)6)53-31-18-26-48)44(5,9-3)36(23-32-51-29-16-24-46)33-40(43)52-30-17-25-47/h35-41,43H,7-34,46-48H2,1-6H3/t35?,36?,37?,38-,39-,40+,41-,43?,44-,45+/m0/s1. The summed E-state index contributed by atoms with van der Waals surface area (Å²) >= 11 is 0. The molecule has 1 amide bonds. The summed E-state index contributed by atoms with van der Waals surface area (Å²) in [6, 6.07) is 0. The Bertz CT molecular complexity index is 974. The van der Waals surface area contributed by atoms with E-state index in [2.05, 4.69) is 46.4 Å². The van der Waals surface area contributed by atoms with Gasteiger partial charge in [0.1, 0.15) is 0 Å². The Morgan fingerprint density at radius 2 is 1.38 bits per heavy atom. The molecule has 10 atom stereocenters. The topological polar surface area (TPSA) is 126 Å². The summed E-state index contributed by atoms with van der Waals surface area (Å²) in [4.78, 5) is 16.1. The van der Waals surface area contributed by atoms with Crippen molar-refractivity contribution in [1.29, 1.82) is 0 Å². The van der Waals surface area contributed by atoms with Crippen molar-refractivity contribution in [3.05, 3.63) is 0 Å². The first-order chi connectivity index (χ1) is 25.7. The Hall–Kier alpha value is -0.770. The van der Waals surface area contributed by atoms with Crippen LogP contribution in [0.3, 0.4) is 0 Å². The number of carbonyl (C=O) groups excluding carboxylic acids is 1. The van der Waals surface area contributed by atoms with E-state index in [1.54, 1.807) is 0 Å². The molecule has 0 bridgehead atoms. The Morgan fingerprint density at radius 1 is 0.755 bits per heavy atom. The second kappa shape index (κ2) is 24.8. The normalized spacial score (nSPS) is 31.7. The Morgan fingerprint density at radius 3 is 1.98 bits per heavy atom. The van der Waals surface area contributed by atoms with Gasteiger partial charge in [-0.15, -0.1) is 0 Å². The van der Waals surface area contributed by atoms with Gasteiger partial charge in [-0.05, 0) is 131 Å². The highest BCUT2D eigenvalue weighted by Crippen LogP contribution is 2.68. The molecule has 4 unspecified atom stereocenters. The maximum Gasteiger partial charge on any atom is 0.222 e. The molecule has 8 heteroatoms. The number of amides is 1. The number of hydrogen-bond acceptors (Lipinski definition) is 7. The molecule has 53 heavy (non-hydrogen) atoms. The molecule has 0 heterocycles. The van der Waals surface area contributed by atoms with Gasteiger partial charge in [-0.3, -0.25) is 4.79 Å². The molecular weight excluding hydrogens is 661 g/mol. The minimum atomic E-state index is 0.0422. The number of unbranched alkanes of at least 4 members (excludes halogenated alkanes) is 6. The fourth-order valence-electron chi connectivity index (χ4n) is 11.5. The van der Waals surface area contributed by atoms with Crippen molar-refractivity contribution < 1.29 is 19.0 Å². The minimum Gasteiger partial charge on any atom is -0.381 e. The second-order valence-electron chi connectivity index (χ2n) is 18.0. The monoisotopic (exact) mass is 749 g/mol. The first-order valence-electron chi connectivity index (χ1n) is 22.9. The number of rotatable bonds is 29. The molecule has 0 aromatic rings. The zero-order chi connectivity index (χ0) is 38.7. The molecule has 0 aromatic heterocycles. The molecule has 0 spiro atoms. The number of nitrogens with zero attached hydrogens (tertiary/aromatic N) is 1. The number of ether oxygens (including phenoxy) is 3. The molecule has 3 aliphatic carbocycles. The van der Waals surface area contributed by atoms with E-state index in [4.69, 9.17) is 31.4 Å². The lowest BCUT2D eigenvalue weighted by molar-refractivity contribution is -0.218.